The molecule has 28 heavy (non-hydrogen) atoms. The van der Waals surface area contributed by atoms with Gasteiger partial charge in [-0.25, -0.2) is 0 Å². The minimum Gasteiger partial charge on any atom is -0.457 e. The molecular formula is C20H10BrCl2NO2S2. The number of hydrogen-bond donors (Lipinski definition) is 0. The Morgan fingerprint density at radius 3 is 2.54 bits per heavy atom. The average molecular weight is 511 g/mol. The van der Waals surface area contributed by atoms with E-state index < -0.39 is 0 Å². The summed E-state index contributed by atoms with van der Waals surface area (Å²) in [6, 6.07) is 16.3. The van der Waals surface area contributed by atoms with Crippen molar-refractivity contribution in [2.45, 2.75) is 0 Å². The highest BCUT2D eigenvalue weighted by molar-refractivity contribution is 9.10. The molecule has 1 fully saturated rings. The number of carbonyl (C=O) groups is 1. The normalized spacial score (nSPS) is 15.7. The van der Waals surface area contributed by atoms with Crippen LogP contribution in [0.4, 0.5) is 5.69 Å². The molecule has 0 unspecified atom stereocenters. The van der Waals surface area contributed by atoms with Crippen LogP contribution in [-0.4, -0.2) is 10.2 Å². The SMILES string of the molecule is O=C1/C(=C\c2ccc(-c3ccc(Cl)cc3)o2)SC(=S)N1c1ccc(Br)c(Cl)c1. The molecule has 2 heterocycles. The topological polar surface area (TPSA) is 33.5 Å². The van der Waals surface area contributed by atoms with E-state index in [2.05, 4.69) is 15.9 Å². The summed E-state index contributed by atoms with van der Waals surface area (Å²) >= 11 is 22.0. The summed E-state index contributed by atoms with van der Waals surface area (Å²) in [4.78, 5) is 14.8. The molecule has 8 heteroatoms. The third kappa shape index (κ3) is 3.93. The van der Waals surface area contributed by atoms with Gasteiger partial charge in [-0.1, -0.05) is 47.2 Å². The maximum Gasteiger partial charge on any atom is 0.270 e. The minimum absolute atomic E-state index is 0.210. The Labute approximate surface area is 189 Å². The number of halogens is 3. The van der Waals surface area contributed by atoms with Crippen molar-refractivity contribution in [3.05, 3.63) is 79.8 Å². The monoisotopic (exact) mass is 509 g/mol. The molecule has 2 aromatic carbocycles. The van der Waals surface area contributed by atoms with Crippen LogP contribution >= 0.6 is 63.1 Å². The van der Waals surface area contributed by atoms with Gasteiger partial charge in [-0.2, -0.15) is 0 Å². The van der Waals surface area contributed by atoms with Crippen LogP contribution in [-0.2, 0) is 4.79 Å². The van der Waals surface area contributed by atoms with Crippen LogP contribution in [0.5, 0.6) is 0 Å². The Morgan fingerprint density at radius 1 is 1.07 bits per heavy atom. The number of hydrogen-bond acceptors (Lipinski definition) is 4. The zero-order chi connectivity index (χ0) is 19.8. The highest BCUT2D eigenvalue weighted by Crippen LogP contribution is 2.38. The second-order valence-corrected chi connectivity index (χ2v) is 9.20. The molecule has 0 radical (unpaired) electrons. The highest BCUT2D eigenvalue weighted by atomic mass is 79.9. The predicted molar refractivity (Wildman–Crippen MR) is 124 cm³/mol. The summed E-state index contributed by atoms with van der Waals surface area (Å²) in [6.07, 6.45) is 1.69. The van der Waals surface area contributed by atoms with Crippen LogP contribution in [0.25, 0.3) is 17.4 Å². The summed E-state index contributed by atoms with van der Waals surface area (Å²) < 4.78 is 7.05. The fourth-order valence-corrected chi connectivity index (χ4v) is 4.47. The molecule has 0 spiro atoms. The van der Waals surface area contributed by atoms with E-state index in [4.69, 9.17) is 39.8 Å². The first kappa shape index (κ1) is 19.7. The van der Waals surface area contributed by atoms with E-state index in [0.29, 0.717) is 36.5 Å². The molecule has 0 N–H and O–H groups in total. The number of thiocarbonyl (C=S) groups is 1. The van der Waals surface area contributed by atoms with Crippen LogP contribution in [0.3, 0.4) is 0 Å². The van der Waals surface area contributed by atoms with Gasteiger partial charge in [0, 0.05) is 21.1 Å². The zero-order valence-electron chi connectivity index (χ0n) is 14.0. The van der Waals surface area contributed by atoms with Gasteiger partial charge in [0.2, 0.25) is 0 Å². The van der Waals surface area contributed by atoms with Gasteiger partial charge in [0.15, 0.2) is 4.32 Å². The number of carbonyl (C=O) groups excluding carboxylic acids is 1. The van der Waals surface area contributed by atoms with Gasteiger partial charge in [-0.05, 0) is 70.5 Å². The van der Waals surface area contributed by atoms with Crippen molar-refractivity contribution in [2.24, 2.45) is 0 Å². The number of benzene rings is 2. The molecule has 0 aliphatic carbocycles. The maximum atomic E-state index is 12.9. The van der Waals surface area contributed by atoms with Crippen molar-refractivity contribution < 1.29 is 9.21 Å². The van der Waals surface area contributed by atoms with Crippen LogP contribution in [0.1, 0.15) is 5.76 Å². The number of rotatable bonds is 3. The number of amides is 1. The lowest BCUT2D eigenvalue weighted by molar-refractivity contribution is -0.113. The predicted octanol–water partition coefficient (Wildman–Crippen LogP) is 7.42. The van der Waals surface area contributed by atoms with Crippen molar-refractivity contribution in [3.8, 4) is 11.3 Å². The minimum atomic E-state index is -0.210. The van der Waals surface area contributed by atoms with Gasteiger partial charge in [0.25, 0.3) is 5.91 Å². The van der Waals surface area contributed by atoms with Gasteiger partial charge >= 0.3 is 0 Å². The van der Waals surface area contributed by atoms with Crippen molar-refractivity contribution in [2.75, 3.05) is 4.90 Å². The zero-order valence-corrected chi connectivity index (χ0v) is 18.7. The van der Waals surface area contributed by atoms with Crippen LogP contribution in [0.2, 0.25) is 10.0 Å². The summed E-state index contributed by atoms with van der Waals surface area (Å²) in [5.74, 6) is 1.05. The van der Waals surface area contributed by atoms with Crippen molar-refractivity contribution in [3.63, 3.8) is 0 Å². The summed E-state index contributed by atoms with van der Waals surface area (Å²) in [5, 5.41) is 1.17. The summed E-state index contributed by atoms with van der Waals surface area (Å²) in [5.41, 5.74) is 1.53. The summed E-state index contributed by atoms with van der Waals surface area (Å²) in [7, 11) is 0. The molecule has 3 nitrogen and oxygen atoms in total. The van der Waals surface area contributed by atoms with Crippen LogP contribution < -0.4 is 4.90 Å². The molecule has 1 aliphatic heterocycles. The Kier molecular flexibility index (Phi) is 5.67. The fraction of sp³-hybridized carbons (Fsp3) is 0. The molecule has 0 saturated carbocycles. The Balaban J connectivity index is 1.61. The molecule has 1 aromatic heterocycles. The van der Waals surface area contributed by atoms with Crippen LogP contribution in [0.15, 0.2) is 68.4 Å². The lowest BCUT2D eigenvalue weighted by Crippen LogP contribution is -2.27. The van der Waals surface area contributed by atoms with Crippen molar-refractivity contribution in [1.29, 1.82) is 0 Å². The number of furan rings is 1. The number of anilines is 1. The Bertz CT molecular complexity index is 1130. The second-order valence-electron chi connectivity index (χ2n) is 5.82. The smallest absolute Gasteiger partial charge is 0.270 e. The standard InChI is InChI=1S/C20H10BrCl2NO2S2/c21-15-7-5-13(9-16(15)23)24-19(25)18(28-20(24)27)10-14-6-8-17(26-14)11-1-3-12(22)4-2-11/h1-10H/b18-10+. The van der Waals surface area contributed by atoms with E-state index in [0.717, 1.165) is 10.0 Å². The summed E-state index contributed by atoms with van der Waals surface area (Å²) in [6.45, 7) is 0. The maximum absolute atomic E-state index is 12.9. The van der Waals surface area contributed by atoms with E-state index in [1.165, 1.54) is 16.7 Å². The Hall–Kier alpha value is -1.57. The van der Waals surface area contributed by atoms with Gasteiger partial charge in [0.05, 0.1) is 15.6 Å². The molecule has 0 atom stereocenters. The molecule has 0 bridgehead atoms. The van der Waals surface area contributed by atoms with Crippen molar-refractivity contribution >= 4 is 85.1 Å². The van der Waals surface area contributed by atoms with E-state index in [1.54, 1.807) is 36.4 Å². The number of thioether (sulfide) groups is 1. The van der Waals surface area contributed by atoms with Gasteiger partial charge in [-0.3, -0.25) is 9.69 Å². The second kappa shape index (κ2) is 8.05. The first-order valence-electron chi connectivity index (χ1n) is 8.01. The number of nitrogens with zero attached hydrogens (tertiary/aromatic N) is 1. The molecule has 1 saturated heterocycles. The quantitative estimate of drug-likeness (QED) is 0.271. The van der Waals surface area contributed by atoms with E-state index in [9.17, 15) is 4.79 Å². The van der Waals surface area contributed by atoms with Gasteiger partial charge in [-0.15, -0.1) is 0 Å². The largest absolute Gasteiger partial charge is 0.457 e. The molecule has 1 amide bonds. The highest BCUT2D eigenvalue weighted by Gasteiger charge is 2.33. The first-order chi connectivity index (χ1) is 13.4. The average Bonchev–Trinajstić information content (AvgIpc) is 3.23. The molecular weight excluding hydrogens is 501 g/mol. The van der Waals surface area contributed by atoms with Crippen molar-refractivity contribution in [1.82, 2.24) is 0 Å². The van der Waals surface area contributed by atoms with E-state index >= 15 is 0 Å². The van der Waals surface area contributed by atoms with E-state index in [1.807, 2.05) is 24.3 Å². The fourth-order valence-electron chi connectivity index (χ4n) is 2.64. The molecule has 1 aliphatic rings. The lowest BCUT2D eigenvalue weighted by Gasteiger charge is -2.15. The third-order valence-corrected chi connectivity index (χ3v) is 6.77. The Morgan fingerprint density at radius 2 is 1.82 bits per heavy atom. The molecule has 140 valence electrons. The first-order valence-corrected chi connectivity index (χ1v) is 10.8. The van der Waals surface area contributed by atoms with Crippen LogP contribution in [0, 0.1) is 0 Å². The molecule has 4 rings (SSSR count). The van der Waals surface area contributed by atoms with E-state index in [-0.39, 0.29) is 5.91 Å². The van der Waals surface area contributed by atoms with Gasteiger partial charge < -0.3 is 4.42 Å². The van der Waals surface area contributed by atoms with Gasteiger partial charge in [0.1, 0.15) is 11.5 Å². The molecule has 3 aromatic rings. The lowest BCUT2D eigenvalue weighted by atomic mass is 10.2. The third-order valence-electron chi connectivity index (χ3n) is 3.98.